The Labute approximate surface area is 223 Å². The average Bonchev–Trinajstić information content (AvgIpc) is 2.77. The Bertz CT molecular complexity index is 1010. The molecule has 36 heavy (non-hydrogen) atoms. The fourth-order valence-electron chi connectivity index (χ4n) is 4.54. The minimum atomic E-state index is -1.26. The van der Waals surface area contributed by atoms with E-state index in [2.05, 4.69) is 118 Å². The third-order valence-corrected chi connectivity index (χ3v) is 11.9. The molecule has 0 fully saturated rings. The van der Waals surface area contributed by atoms with Gasteiger partial charge in [0.05, 0.1) is 6.61 Å². The third kappa shape index (κ3) is 6.68. The largest absolute Gasteiger partial charge is 0.491 e. The Morgan fingerprint density at radius 1 is 0.833 bits per heavy atom. The smallest absolute Gasteiger partial charge is 0.122 e. The highest BCUT2D eigenvalue weighted by molar-refractivity contribution is 8.29. The minimum Gasteiger partial charge on any atom is -0.491 e. The van der Waals surface area contributed by atoms with Gasteiger partial charge < -0.3 is 14.0 Å². The van der Waals surface area contributed by atoms with Gasteiger partial charge in [0.15, 0.2) is 0 Å². The van der Waals surface area contributed by atoms with Gasteiger partial charge in [0.1, 0.15) is 18.5 Å². The number of ether oxygens (including phenoxy) is 1. The van der Waals surface area contributed by atoms with Crippen molar-refractivity contribution in [3.05, 3.63) is 64.2 Å². The molecule has 3 nitrogen and oxygen atoms in total. The molecule has 0 amide bonds. The van der Waals surface area contributed by atoms with Crippen LogP contribution < -0.4 is 4.74 Å². The molecule has 2 aromatic carbocycles. The molecule has 0 aliphatic rings. The van der Waals surface area contributed by atoms with Crippen LogP contribution in [0.1, 0.15) is 96.0 Å². The van der Waals surface area contributed by atoms with Crippen molar-refractivity contribution in [2.75, 3.05) is 19.1 Å². The SMILES string of the molecule is CCC(CC)(c1ccc(CO)c(C)c1)c1ccc(OC[C@@H](OS(C)(C)C(C)(C)C)C(C)(C)C)c(C)c1. The molecule has 2 rings (SSSR count). The summed E-state index contributed by atoms with van der Waals surface area (Å²) < 4.78 is 13.3. The molecule has 1 N–H and O–H groups in total. The van der Waals surface area contributed by atoms with Crippen molar-refractivity contribution >= 4 is 10.3 Å². The van der Waals surface area contributed by atoms with Crippen molar-refractivity contribution in [3.63, 3.8) is 0 Å². The molecule has 0 aromatic heterocycles. The van der Waals surface area contributed by atoms with E-state index in [0.717, 1.165) is 35.3 Å². The van der Waals surface area contributed by atoms with Gasteiger partial charge in [-0.05, 0) is 78.5 Å². The molecule has 2 aromatic rings. The number of benzene rings is 2. The first kappa shape index (κ1) is 30.7. The van der Waals surface area contributed by atoms with E-state index in [1.807, 2.05) is 0 Å². The molecule has 0 radical (unpaired) electrons. The Morgan fingerprint density at radius 2 is 1.36 bits per heavy atom. The number of rotatable bonds is 10. The lowest BCUT2D eigenvalue weighted by Gasteiger charge is -2.48. The zero-order valence-electron chi connectivity index (χ0n) is 25.0. The molecule has 4 heteroatoms. The van der Waals surface area contributed by atoms with Crippen LogP contribution in [-0.2, 0) is 16.2 Å². The second kappa shape index (κ2) is 11.5. The van der Waals surface area contributed by atoms with Crippen LogP contribution in [0.3, 0.4) is 0 Å². The lowest BCUT2D eigenvalue weighted by atomic mass is 9.70. The molecular formula is C32H52O3S. The van der Waals surface area contributed by atoms with Crippen LogP contribution in [0.25, 0.3) is 0 Å². The summed E-state index contributed by atoms with van der Waals surface area (Å²) in [5.74, 6) is 0.924. The Morgan fingerprint density at radius 3 is 1.78 bits per heavy atom. The number of hydrogen-bond donors (Lipinski definition) is 1. The normalized spacial score (nSPS) is 14.6. The summed E-state index contributed by atoms with van der Waals surface area (Å²) in [4.78, 5) is 0. The van der Waals surface area contributed by atoms with Crippen molar-refractivity contribution in [2.24, 2.45) is 5.41 Å². The first-order chi connectivity index (χ1) is 16.5. The van der Waals surface area contributed by atoms with Crippen LogP contribution in [0.15, 0.2) is 36.4 Å². The first-order valence-electron chi connectivity index (χ1n) is 13.4. The summed E-state index contributed by atoms with van der Waals surface area (Å²) in [6, 6.07) is 13.2. The van der Waals surface area contributed by atoms with Crippen LogP contribution in [0, 0.1) is 19.3 Å². The van der Waals surface area contributed by atoms with E-state index >= 15 is 0 Å². The average molecular weight is 517 g/mol. The van der Waals surface area contributed by atoms with Gasteiger partial charge in [0.25, 0.3) is 0 Å². The summed E-state index contributed by atoms with van der Waals surface area (Å²) >= 11 is 0. The summed E-state index contributed by atoms with van der Waals surface area (Å²) in [6.45, 7) is 22.9. The van der Waals surface area contributed by atoms with Gasteiger partial charge in [0.2, 0.25) is 0 Å². The van der Waals surface area contributed by atoms with Crippen molar-refractivity contribution in [2.45, 2.75) is 105 Å². The van der Waals surface area contributed by atoms with Gasteiger partial charge in [0, 0.05) is 10.2 Å². The van der Waals surface area contributed by atoms with Gasteiger partial charge in [-0.3, -0.25) is 0 Å². The topological polar surface area (TPSA) is 38.7 Å². The van der Waals surface area contributed by atoms with E-state index < -0.39 is 10.3 Å². The molecule has 204 valence electrons. The molecule has 0 saturated heterocycles. The minimum absolute atomic E-state index is 0.000750. The van der Waals surface area contributed by atoms with Gasteiger partial charge >= 0.3 is 0 Å². The Kier molecular flexibility index (Phi) is 9.81. The van der Waals surface area contributed by atoms with Gasteiger partial charge in [-0.2, -0.15) is 0 Å². The number of aliphatic hydroxyl groups excluding tert-OH is 1. The second-order valence-electron chi connectivity index (χ2n) is 12.7. The molecule has 0 heterocycles. The fourth-order valence-corrected chi connectivity index (χ4v) is 5.75. The lowest BCUT2D eigenvalue weighted by Crippen LogP contribution is -2.39. The Balaban J connectivity index is 2.35. The summed E-state index contributed by atoms with van der Waals surface area (Å²) in [5.41, 5.74) is 5.82. The molecule has 0 saturated carbocycles. The van der Waals surface area contributed by atoms with E-state index in [1.165, 1.54) is 11.1 Å². The van der Waals surface area contributed by atoms with Gasteiger partial charge in [-0.25, -0.2) is 0 Å². The molecule has 0 aliphatic carbocycles. The van der Waals surface area contributed by atoms with E-state index in [-0.39, 0.29) is 28.3 Å². The maximum atomic E-state index is 9.63. The van der Waals surface area contributed by atoms with Crippen LogP contribution >= 0.6 is 10.3 Å². The maximum Gasteiger partial charge on any atom is 0.122 e. The van der Waals surface area contributed by atoms with Crippen molar-refractivity contribution < 1.29 is 14.0 Å². The Hall–Kier alpha value is -1.49. The van der Waals surface area contributed by atoms with Gasteiger partial charge in [-0.1, -0.05) is 85.7 Å². The predicted octanol–water partition coefficient (Wildman–Crippen LogP) is 8.49. The summed E-state index contributed by atoms with van der Waals surface area (Å²) in [5, 5.41) is 9.63. The monoisotopic (exact) mass is 516 g/mol. The van der Waals surface area contributed by atoms with E-state index in [4.69, 9.17) is 8.92 Å². The zero-order valence-corrected chi connectivity index (χ0v) is 25.9. The van der Waals surface area contributed by atoms with E-state index in [9.17, 15) is 5.11 Å². The van der Waals surface area contributed by atoms with Crippen LogP contribution in [0.2, 0.25) is 0 Å². The van der Waals surface area contributed by atoms with E-state index in [1.54, 1.807) is 0 Å². The molecule has 1 atom stereocenters. The number of hydrogen-bond acceptors (Lipinski definition) is 3. The maximum absolute atomic E-state index is 9.63. The van der Waals surface area contributed by atoms with Crippen LogP contribution in [-0.4, -0.2) is 35.1 Å². The fraction of sp³-hybridized carbons (Fsp3) is 0.625. The highest BCUT2D eigenvalue weighted by Crippen LogP contribution is 2.56. The highest BCUT2D eigenvalue weighted by Gasteiger charge is 2.37. The highest BCUT2D eigenvalue weighted by atomic mass is 32.3. The summed E-state index contributed by atoms with van der Waals surface area (Å²) in [7, 11) is -1.26. The third-order valence-electron chi connectivity index (χ3n) is 8.19. The standard InChI is InChI=1S/C32H52O3S/c1-13-32(14-2,26-16-15-25(21-33)23(3)19-26)27-17-18-28(24(4)20-27)34-22-29(30(5,6)7)35-36(11,12)31(8,9)10/h15-20,29,33H,13-14,21-22H2,1-12H3/t29-/m1/s1. The number of aryl methyl sites for hydroxylation is 2. The number of aliphatic hydroxyl groups is 1. The molecule has 0 bridgehead atoms. The van der Waals surface area contributed by atoms with Crippen molar-refractivity contribution in [1.29, 1.82) is 0 Å². The van der Waals surface area contributed by atoms with Crippen LogP contribution in [0.4, 0.5) is 0 Å². The molecular weight excluding hydrogens is 464 g/mol. The second-order valence-corrected chi connectivity index (χ2v) is 16.6. The quantitative estimate of drug-likeness (QED) is 0.344. The zero-order chi connectivity index (χ0) is 27.5. The van der Waals surface area contributed by atoms with E-state index in [0.29, 0.717) is 6.61 Å². The van der Waals surface area contributed by atoms with Crippen LogP contribution in [0.5, 0.6) is 5.75 Å². The molecule has 0 spiro atoms. The lowest BCUT2D eigenvalue weighted by molar-refractivity contribution is 0.0523. The predicted molar refractivity (Wildman–Crippen MR) is 159 cm³/mol. The van der Waals surface area contributed by atoms with Crippen molar-refractivity contribution in [1.82, 2.24) is 0 Å². The van der Waals surface area contributed by atoms with Gasteiger partial charge in [-0.15, -0.1) is 10.3 Å². The molecule has 0 unspecified atom stereocenters. The summed E-state index contributed by atoms with van der Waals surface area (Å²) in [6.07, 6.45) is 6.53. The molecule has 0 aliphatic heterocycles. The van der Waals surface area contributed by atoms with Crippen molar-refractivity contribution in [3.8, 4) is 5.75 Å². The first-order valence-corrected chi connectivity index (χ1v) is 15.8.